The molecule has 1 fully saturated rings. The van der Waals surface area contributed by atoms with E-state index in [0.29, 0.717) is 60.7 Å². The van der Waals surface area contributed by atoms with Gasteiger partial charge in [0.25, 0.3) is 5.91 Å². The van der Waals surface area contributed by atoms with Crippen molar-refractivity contribution in [2.45, 2.75) is 26.7 Å². The average Bonchev–Trinajstić information content (AvgIpc) is 2.95. The smallest absolute Gasteiger partial charge is 0.301 e. The summed E-state index contributed by atoms with van der Waals surface area (Å²) in [6, 6.07) is 5.20. The SMILES string of the molecule is CCCN(OCC)C(=O)C1=Cc2ccc(/C(C=N)=C/NS(=O)(=O)N3CC(CN)C3)cc2N=C(N)C1. The summed E-state index contributed by atoms with van der Waals surface area (Å²) in [6.45, 7) is 5.80. The third kappa shape index (κ3) is 6.34. The molecule has 0 unspecified atom stereocenters. The Hall–Kier alpha value is -3.06. The lowest BCUT2D eigenvalue weighted by molar-refractivity contribution is -0.180. The lowest BCUT2D eigenvalue weighted by Crippen LogP contribution is -2.55. The lowest BCUT2D eigenvalue weighted by Gasteiger charge is -2.36. The number of aliphatic imine (C=N–C) groups is 1. The van der Waals surface area contributed by atoms with Gasteiger partial charge in [-0.2, -0.15) is 12.7 Å². The molecule has 0 spiro atoms. The van der Waals surface area contributed by atoms with E-state index in [1.54, 1.807) is 24.3 Å². The van der Waals surface area contributed by atoms with E-state index in [1.807, 2.05) is 13.8 Å². The number of nitrogens with zero attached hydrogens (tertiary/aromatic N) is 3. The fourth-order valence-corrected chi connectivity index (χ4v) is 4.98. The quantitative estimate of drug-likeness (QED) is 0.263. The van der Waals surface area contributed by atoms with Crippen molar-refractivity contribution < 1.29 is 18.0 Å². The lowest BCUT2D eigenvalue weighted by atomic mass is 10.0. The van der Waals surface area contributed by atoms with Gasteiger partial charge in [0.2, 0.25) is 0 Å². The first-order valence-electron chi connectivity index (χ1n) is 11.5. The third-order valence-electron chi connectivity index (χ3n) is 5.66. The van der Waals surface area contributed by atoms with Gasteiger partial charge in [-0.3, -0.25) is 14.4 Å². The van der Waals surface area contributed by atoms with E-state index in [4.69, 9.17) is 21.7 Å². The molecule has 2 aliphatic heterocycles. The van der Waals surface area contributed by atoms with Crippen LogP contribution in [0.15, 0.2) is 35.0 Å². The van der Waals surface area contributed by atoms with E-state index in [0.717, 1.165) is 12.6 Å². The maximum Gasteiger partial charge on any atom is 0.301 e. The molecule has 0 aliphatic carbocycles. The Labute approximate surface area is 206 Å². The van der Waals surface area contributed by atoms with Crippen LogP contribution >= 0.6 is 0 Å². The molecule has 11 nitrogen and oxygen atoms in total. The zero-order chi connectivity index (χ0) is 25.6. The van der Waals surface area contributed by atoms with E-state index in [2.05, 4.69) is 9.71 Å². The van der Waals surface area contributed by atoms with Crippen molar-refractivity contribution in [3.05, 3.63) is 41.1 Å². The van der Waals surface area contributed by atoms with E-state index < -0.39 is 10.2 Å². The predicted molar refractivity (Wildman–Crippen MR) is 137 cm³/mol. The van der Waals surface area contributed by atoms with Gasteiger partial charge in [0.1, 0.15) is 5.84 Å². The van der Waals surface area contributed by atoms with Gasteiger partial charge in [-0.25, -0.2) is 10.1 Å². The van der Waals surface area contributed by atoms with Crippen LogP contribution in [0.1, 0.15) is 37.8 Å². The van der Waals surface area contributed by atoms with Crippen molar-refractivity contribution in [3.63, 3.8) is 0 Å². The monoisotopic (exact) mass is 503 g/mol. The van der Waals surface area contributed by atoms with Gasteiger partial charge in [-0.05, 0) is 43.5 Å². The first-order chi connectivity index (χ1) is 16.7. The van der Waals surface area contributed by atoms with E-state index in [1.165, 1.54) is 15.6 Å². The molecular weight excluding hydrogens is 470 g/mol. The number of hydroxylamine groups is 2. The first-order valence-corrected chi connectivity index (χ1v) is 13.0. The molecule has 0 saturated carbocycles. The van der Waals surface area contributed by atoms with E-state index in [9.17, 15) is 13.2 Å². The van der Waals surface area contributed by atoms with Crippen LogP contribution in [0.2, 0.25) is 0 Å². The van der Waals surface area contributed by atoms with E-state index in [-0.39, 0.29) is 24.1 Å². The summed E-state index contributed by atoms with van der Waals surface area (Å²) in [6.07, 6.45) is 4.99. The summed E-state index contributed by atoms with van der Waals surface area (Å²) >= 11 is 0. The van der Waals surface area contributed by atoms with E-state index >= 15 is 0 Å². The summed E-state index contributed by atoms with van der Waals surface area (Å²) in [5.74, 6) is 0.168. The van der Waals surface area contributed by atoms with Crippen molar-refractivity contribution in [2.24, 2.45) is 22.4 Å². The Morgan fingerprint density at radius 2 is 2.11 bits per heavy atom. The number of fused-ring (bicyclic) bond motifs is 1. The summed E-state index contributed by atoms with van der Waals surface area (Å²) < 4.78 is 28.6. The Balaban J connectivity index is 1.85. The van der Waals surface area contributed by atoms with Gasteiger partial charge >= 0.3 is 10.2 Å². The number of nitrogens with two attached hydrogens (primary N) is 2. The minimum Gasteiger partial charge on any atom is -0.387 e. The van der Waals surface area contributed by atoms with Gasteiger partial charge in [-0.15, -0.1) is 0 Å². The molecule has 12 heteroatoms. The summed E-state index contributed by atoms with van der Waals surface area (Å²) in [4.78, 5) is 23.0. The molecule has 6 N–H and O–H groups in total. The second kappa shape index (κ2) is 11.6. The van der Waals surface area contributed by atoms with Crippen molar-refractivity contribution in [3.8, 4) is 0 Å². The molecular formula is C23H33N7O4S. The largest absolute Gasteiger partial charge is 0.387 e. The molecule has 3 rings (SSSR count). The van der Waals surface area contributed by atoms with Crippen LogP contribution in [0.4, 0.5) is 5.69 Å². The first kappa shape index (κ1) is 26.5. The summed E-state index contributed by atoms with van der Waals surface area (Å²) in [7, 11) is -3.71. The number of carbonyl (C=O) groups is 1. The molecule has 35 heavy (non-hydrogen) atoms. The number of amides is 1. The van der Waals surface area contributed by atoms with Crippen LogP contribution in [0.5, 0.6) is 0 Å². The molecule has 190 valence electrons. The highest BCUT2D eigenvalue weighted by Crippen LogP contribution is 2.30. The molecule has 0 bridgehead atoms. The molecule has 0 aromatic heterocycles. The van der Waals surface area contributed by atoms with Crippen molar-refractivity contribution in [1.29, 1.82) is 5.41 Å². The second-order valence-electron chi connectivity index (χ2n) is 8.33. The van der Waals surface area contributed by atoms with Gasteiger partial charge in [0.15, 0.2) is 0 Å². The number of hydrogen-bond acceptors (Lipinski definition) is 8. The zero-order valence-electron chi connectivity index (χ0n) is 20.0. The maximum atomic E-state index is 13.0. The van der Waals surface area contributed by atoms with Crippen LogP contribution in [0, 0.1) is 11.3 Å². The number of allylic oxidation sites excluding steroid dienone is 1. The van der Waals surface area contributed by atoms with Crippen LogP contribution in [0.3, 0.4) is 0 Å². The highest BCUT2D eigenvalue weighted by molar-refractivity contribution is 7.87. The summed E-state index contributed by atoms with van der Waals surface area (Å²) in [5.41, 5.74) is 14.3. The zero-order valence-corrected chi connectivity index (χ0v) is 20.8. The third-order valence-corrected chi connectivity index (χ3v) is 7.05. The topological polar surface area (TPSA) is 167 Å². The molecule has 1 saturated heterocycles. The number of nitrogens with one attached hydrogen (secondary N) is 2. The number of benzene rings is 1. The van der Waals surface area contributed by atoms with Crippen LogP contribution < -0.4 is 16.2 Å². The fraction of sp³-hybridized carbons (Fsp3) is 0.435. The molecule has 1 aromatic rings. The number of rotatable bonds is 11. The molecule has 2 aliphatic rings. The normalized spacial score (nSPS) is 16.9. The number of hydrogen-bond donors (Lipinski definition) is 4. The average molecular weight is 504 g/mol. The van der Waals surface area contributed by atoms with Gasteiger partial charge in [0, 0.05) is 55.2 Å². The maximum absolute atomic E-state index is 13.0. The van der Waals surface area contributed by atoms with Crippen LogP contribution in [0.25, 0.3) is 11.6 Å². The minimum absolute atomic E-state index is 0.165. The molecule has 1 amide bonds. The molecule has 1 aromatic carbocycles. The Kier molecular flexibility index (Phi) is 8.78. The Morgan fingerprint density at radius 1 is 1.37 bits per heavy atom. The van der Waals surface area contributed by atoms with Gasteiger partial charge in [-0.1, -0.05) is 19.1 Å². The fourth-order valence-electron chi connectivity index (χ4n) is 3.74. The van der Waals surface area contributed by atoms with Gasteiger partial charge < -0.3 is 16.9 Å². The standard InChI is InChI=1S/C23H33N7O4S/c1-3-7-30(34-4-2)23(31)19-8-18-6-5-17(9-21(18)28-22(26)10-19)20(12-25)13-27-35(32,33)29-14-16(11-24)15-29/h5-6,8-9,12-13,16,25,27H,3-4,7,10-11,14-15,24H2,1-2H3,(H2,26,28)/b20-13+,25-12?. The highest BCUT2D eigenvalue weighted by atomic mass is 32.2. The molecule has 0 atom stereocenters. The van der Waals surface area contributed by atoms with Crippen LogP contribution in [-0.4, -0.2) is 68.5 Å². The summed E-state index contributed by atoms with van der Waals surface area (Å²) in [5, 5.41) is 9.12. The number of amidine groups is 1. The van der Waals surface area contributed by atoms with Gasteiger partial charge in [0.05, 0.1) is 12.3 Å². The second-order valence-corrected chi connectivity index (χ2v) is 10.0. The van der Waals surface area contributed by atoms with Crippen molar-refractivity contribution in [2.75, 3.05) is 32.8 Å². The number of carbonyl (C=O) groups excluding carboxylic acids is 1. The van der Waals surface area contributed by atoms with Crippen molar-refractivity contribution >= 4 is 45.5 Å². The Bertz CT molecular complexity index is 1150. The Morgan fingerprint density at radius 3 is 2.74 bits per heavy atom. The predicted octanol–water partition coefficient (Wildman–Crippen LogP) is 1.37. The van der Waals surface area contributed by atoms with Crippen LogP contribution in [-0.2, 0) is 19.8 Å². The van der Waals surface area contributed by atoms with Crippen molar-refractivity contribution in [1.82, 2.24) is 14.1 Å². The highest BCUT2D eigenvalue weighted by Gasteiger charge is 2.34. The minimum atomic E-state index is -3.71. The molecule has 2 heterocycles. The molecule has 0 radical (unpaired) electrons.